The van der Waals surface area contributed by atoms with Gasteiger partial charge in [0, 0.05) is 11.9 Å². The molecule has 7 nitrogen and oxygen atoms in total. The molecule has 0 aliphatic heterocycles. The van der Waals surface area contributed by atoms with Gasteiger partial charge in [0.2, 0.25) is 0 Å². The van der Waals surface area contributed by atoms with Crippen LogP contribution in [0.1, 0.15) is 21.1 Å². The van der Waals surface area contributed by atoms with Gasteiger partial charge in [0.25, 0.3) is 0 Å². The highest BCUT2D eigenvalue weighted by atomic mass is 35.5. The van der Waals surface area contributed by atoms with Crippen molar-refractivity contribution in [2.24, 2.45) is 5.84 Å². The van der Waals surface area contributed by atoms with Gasteiger partial charge >= 0.3 is 12.0 Å². The summed E-state index contributed by atoms with van der Waals surface area (Å²) in [5.74, 6) is 4.93. The minimum absolute atomic E-state index is 0. The highest BCUT2D eigenvalue weighted by molar-refractivity contribution is 7.09. The highest BCUT2D eigenvalue weighted by Gasteiger charge is 2.11. The molecule has 2 rings (SSSR count). The molecule has 0 spiro atoms. The van der Waals surface area contributed by atoms with E-state index in [2.05, 4.69) is 10.3 Å². The number of thiazole rings is 1. The number of nitrogens with one attached hydrogen (secondary N) is 2. The summed E-state index contributed by atoms with van der Waals surface area (Å²) in [6.07, 6.45) is 0.646. The Kier molecular flexibility index (Phi) is 7.46. The van der Waals surface area contributed by atoms with Crippen molar-refractivity contribution in [3.8, 4) is 5.75 Å². The van der Waals surface area contributed by atoms with Crippen LogP contribution in [0, 0.1) is 6.92 Å². The smallest absolute Gasteiger partial charge is 0.363 e. The molecule has 0 bridgehead atoms. The summed E-state index contributed by atoms with van der Waals surface area (Å²) < 4.78 is 5.24. The zero-order valence-corrected chi connectivity index (χ0v) is 14.0. The van der Waals surface area contributed by atoms with Crippen LogP contribution >= 0.6 is 23.7 Å². The van der Waals surface area contributed by atoms with E-state index in [1.165, 1.54) is 11.3 Å². The van der Waals surface area contributed by atoms with Gasteiger partial charge in [-0.3, -0.25) is 5.43 Å². The number of esters is 1. The largest absolute Gasteiger partial charge is 0.422 e. The second-order valence-corrected chi connectivity index (χ2v) is 5.50. The number of halogens is 1. The van der Waals surface area contributed by atoms with E-state index in [0.29, 0.717) is 24.4 Å². The summed E-state index contributed by atoms with van der Waals surface area (Å²) in [6.45, 7) is 2.29. The number of rotatable bonds is 5. The van der Waals surface area contributed by atoms with Crippen molar-refractivity contribution in [3.05, 3.63) is 45.9 Å². The first-order chi connectivity index (χ1) is 10.6. The molecule has 0 saturated heterocycles. The second-order valence-electron chi connectivity index (χ2n) is 4.44. The van der Waals surface area contributed by atoms with Gasteiger partial charge < -0.3 is 10.1 Å². The molecule has 0 unspecified atom stereocenters. The lowest BCUT2D eigenvalue weighted by Gasteiger charge is -2.06. The summed E-state index contributed by atoms with van der Waals surface area (Å²) in [6, 6.07) is 6.64. The Morgan fingerprint density at radius 1 is 1.30 bits per heavy atom. The number of benzene rings is 1. The molecule has 0 aliphatic rings. The van der Waals surface area contributed by atoms with E-state index in [1.807, 2.05) is 24.5 Å². The third-order valence-corrected chi connectivity index (χ3v) is 3.57. The van der Waals surface area contributed by atoms with Gasteiger partial charge in [0.1, 0.15) is 5.75 Å². The van der Waals surface area contributed by atoms with E-state index in [-0.39, 0.29) is 12.4 Å². The first-order valence-electron chi connectivity index (χ1n) is 6.56. The fourth-order valence-corrected chi connectivity index (χ4v) is 2.29. The van der Waals surface area contributed by atoms with E-state index in [4.69, 9.17) is 10.6 Å². The van der Waals surface area contributed by atoms with Crippen LogP contribution in [0.15, 0.2) is 29.6 Å². The van der Waals surface area contributed by atoms with Gasteiger partial charge in [-0.25, -0.2) is 20.4 Å². The number of aryl methyl sites for hydroxylation is 1. The first kappa shape index (κ1) is 18.9. The van der Waals surface area contributed by atoms with Crippen molar-refractivity contribution in [1.82, 2.24) is 15.7 Å². The van der Waals surface area contributed by atoms with Gasteiger partial charge in [0.05, 0.1) is 5.01 Å². The van der Waals surface area contributed by atoms with Crippen molar-refractivity contribution < 1.29 is 14.3 Å². The zero-order chi connectivity index (χ0) is 15.9. The molecule has 0 aliphatic carbocycles. The molecule has 1 aromatic heterocycles. The number of carbonyl (C=O) groups excluding carboxylic acids is 2. The zero-order valence-electron chi connectivity index (χ0n) is 12.4. The Morgan fingerprint density at radius 2 is 2.00 bits per heavy atom. The van der Waals surface area contributed by atoms with E-state index in [0.717, 1.165) is 10.6 Å². The third-order valence-electron chi connectivity index (χ3n) is 2.79. The van der Waals surface area contributed by atoms with Crippen molar-refractivity contribution in [2.45, 2.75) is 13.3 Å². The van der Waals surface area contributed by atoms with Crippen molar-refractivity contribution in [2.75, 3.05) is 6.54 Å². The fourth-order valence-electron chi connectivity index (χ4n) is 1.71. The lowest BCUT2D eigenvalue weighted by atomic mass is 10.1. The monoisotopic (exact) mass is 356 g/mol. The Bertz CT molecular complexity index is 660. The third kappa shape index (κ3) is 5.85. The molecule has 0 radical (unpaired) electrons. The van der Waals surface area contributed by atoms with Crippen molar-refractivity contribution >= 4 is 35.7 Å². The van der Waals surface area contributed by atoms with Gasteiger partial charge in [-0.05, 0) is 31.0 Å². The fraction of sp³-hybridized carbons (Fsp3) is 0.214. The molecule has 1 heterocycles. The van der Waals surface area contributed by atoms with Crippen molar-refractivity contribution in [3.63, 3.8) is 0 Å². The Labute approximate surface area is 143 Å². The topological polar surface area (TPSA) is 106 Å². The quantitative estimate of drug-likeness (QED) is 0.249. The maximum absolute atomic E-state index is 11.8. The predicted octanol–water partition coefficient (Wildman–Crippen LogP) is 1.81. The molecule has 2 amide bonds. The minimum atomic E-state index is -0.474. The van der Waals surface area contributed by atoms with E-state index < -0.39 is 12.0 Å². The molecule has 2 aromatic rings. The molecule has 23 heavy (non-hydrogen) atoms. The van der Waals surface area contributed by atoms with Crippen molar-refractivity contribution in [1.29, 1.82) is 0 Å². The van der Waals surface area contributed by atoms with E-state index >= 15 is 0 Å². The Morgan fingerprint density at radius 3 is 2.57 bits per heavy atom. The normalized spacial score (nSPS) is 9.65. The van der Waals surface area contributed by atoms with Crippen LogP contribution in [0.5, 0.6) is 5.75 Å². The van der Waals surface area contributed by atoms with Crippen LogP contribution in [0.2, 0.25) is 0 Å². The molecule has 4 N–H and O–H groups in total. The Hall–Kier alpha value is -2.16. The summed E-state index contributed by atoms with van der Waals surface area (Å²) >= 11 is 1.40. The average Bonchev–Trinajstić information content (AvgIpc) is 2.95. The van der Waals surface area contributed by atoms with E-state index in [9.17, 15) is 9.59 Å². The van der Waals surface area contributed by atoms with Crippen LogP contribution in [0.25, 0.3) is 0 Å². The Balaban J connectivity index is 0.00000264. The predicted molar refractivity (Wildman–Crippen MR) is 89.9 cm³/mol. The van der Waals surface area contributed by atoms with Crippen LogP contribution in [-0.2, 0) is 6.42 Å². The summed E-state index contributed by atoms with van der Waals surface area (Å²) in [5, 5.41) is 5.07. The number of aromatic nitrogens is 1. The summed E-state index contributed by atoms with van der Waals surface area (Å²) in [4.78, 5) is 26.8. The first-order valence-corrected chi connectivity index (χ1v) is 7.44. The van der Waals surface area contributed by atoms with Gasteiger partial charge in [-0.2, -0.15) is 0 Å². The number of urea groups is 1. The molecule has 0 atom stereocenters. The minimum Gasteiger partial charge on any atom is -0.422 e. The highest BCUT2D eigenvalue weighted by Crippen LogP contribution is 2.15. The number of hydrogen-bond acceptors (Lipinski definition) is 6. The standard InChI is InChI=1S/C14H16N4O3S.ClH/c1-9-17-12(8-22-9)13(19)21-11-4-2-10(3-5-11)6-7-16-14(20)18-15;/h2-5,8H,6-7,15H2,1H3,(H2,16,18,20);1H. The summed E-state index contributed by atoms with van der Waals surface area (Å²) in [5.41, 5.74) is 3.30. The number of nitrogens with two attached hydrogens (primary N) is 1. The van der Waals surface area contributed by atoms with Gasteiger partial charge in [-0.15, -0.1) is 23.7 Å². The second kappa shape index (κ2) is 9.09. The lowest BCUT2D eigenvalue weighted by Crippen LogP contribution is -2.40. The molecular weight excluding hydrogens is 340 g/mol. The van der Waals surface area contributed by atoms with Crippen LogP contribution < -0.4 is 21.3 Å². The maximum atomic E-state index is 11.8. The number of hydrazine groups is 1. The molecule has 9 heteroatoms. The van der Waals surface area contributed by atoms with E-state index in [1.54, 1.807) is 17.5 Å². The molecule has 124 valence electrons. The molecule has 1 aromatic carbocycles. The molecular formula is C14H17ClN4O3S. The van der Waals surface area contributed by atoms with Gasteiger partial charge in [0.15, 0.2) is 5.69 Å². The number of ether oxygens (including phenoxy) is 1. The number of hydrogen-bond donors (Lipinski definition) is 3. The average molecular weight is 357 g/mol. The van der Waals surface area contributed by atoms with Crippen LogP contribution in [-0.4, -0.2) is 23.5 Å². The van der Waals surface area contributed by atoms with Crippen LogP contribution in [0.3, 0.4) is 0 Å². The lowest BCUT2D eigenvalue weighted by molar-refractivity contribution is 0.0729. The number of nitrogens with zero attached hydrogens (tertiary/aromatic N) is 1. The summed E-state index contributed by atoms with van der Waals surface area (Å²) in [7, 11) is 0. The maximum Gasteiger partial charge on any atom is 0.363 e. The molecule has 0 saturated carbocycles. The van der Waals surface area contributed by atoms with Gasteiger partial charge in [-0.1, -0.05) is 12.1 Å². The van der Waals surface area contributed by atoms with Crippen LogP contribution in [0.4, 0.5) is 4.79 Å². The number of carbonyl (C=O) groups is 2. The SMILES string of the molecule is Cc1nc(C(=O)Oc2ccc(CCNC(=O)NN)cc2)cs1.Cl. The number of amides is 2. The molecule has 0 fully saturated rings.